The Labute approximate surface area is 149 Å². The van der Waals surface area contributed by atoms with Crippen LogP contribution in [0.1, 0.15) is 55.3 Å². The van der Waals surface area contributed by atoms with Crippen LogP contribution in [0, 0.1) is 0 Å². The van der Waals surface area contributed by atoms with Crippen LogP contribution in [0.25, 0.3) is 0 Å². The van der Waals surface area contributed by atoms with Gasteiger partial charge in [-0.15, -0.1) is 0 Å². The van der Waals surface area contributed by atoms with E-state index in [0.717, 1.165) is 51.7 Å². The number of hydrogen-bond donors (Lipinski definition) is 1. The van der Waals surface area contributed by atoms with E-state index in [1.807, 2.05) is 23.1 Å². The van der Waals surface area contributed by atoms with Gasteiger partial charge in [0.05, 0.1) is 6.10 Å². The minimum atomic E-state index is -0.0714. The summed E-state index contributed by atoms with van der Waals surface area (Å²) in [5.41, 5.74) is 0.662. The fraction of sp³-hybridized carbons (Fsp3) is 0.600. The number of carbonyl (C=O) groups is 2. The van der Waals surface area contributed by atoms with Crippen molar-refractivity contribution in [1.29, 1.82) is 0 Å². The normalized spacial score (nSPS) is 23.4. The highest BCUT2D eigenvalue weighted by Gasteiger charge is 2.27. The highest BCUT2D eigenvalue weighted by molar-refractivity contribution is 5.94. The predicted molar refractivity (Wildman–Crippen MR) is 96.3 cm³/mol. The van der Waals surface area contributed by atoms with Crippen LogP contribution in [0.2, 0.25) is 0 Å². The van der Waals surface area contributed by atoms with Crippen molar-refractivity contribution in [3.05, 3.63) is 35.9 Å². The summed E-state index contributed by atoms with van der Waals surface area (Å²) in [6, 6.07) is 9.33. The molecule has 0 radical (unpaired) electrons. The Balaban J connectivity index is 1.49. The molecule has 2 saturated heterocycles. The summed E-state index contributed by atoms with van der Waals surface area (Å²) in [5.74, 6) is 0.132. The summed E-state index contributed by atoms with van der Waals surface area (Å²) in [6.07, 6.45) is 6.92. The van der Waals surface area contributed by atoms with Crippen molar-refractivity contribution in [2.75, 3.05) is 19.7 Å². The van der Waals surface area contributed by atoms with Crippen LogP contribution in [-0.4, -0.2) is 48.6 Å². The number of benzene rings is 1. The molecule has 2 aliphatic heterocycles. The summed E-state index contributed by atoms with van der Waals surface area (Å²) < 4.78 is 5.62. The Morgan fingerprint density at radius 1 is 1.12 bits per heavy atom. The van der Waals surface area contributed by atoms with E-state index in [2.05, 4.69) is 5.32 Å². The molecule has 2 aliphatic rings. The van der Waals surface area contributed by atoms with Crippen LogP contribution in [-0.2, 0) is 9.53 Å². The van der Waals surface area contributed by atoms with Crippen molar-refractivity contribution in [3.8, 4) is 0 Å². The van der Waals surface area contributed by atoms with Crippen molar-refractivity contribution >= 4 is 11.8 Å². The average molecular weight is 344 g/mol. The zero-order valence-corrected chi connectivity index (χ0v) is 14.8. The number of piperidine rings is 1. The third-order valence-electron chi connectivity index (χ3n) is 5.19. The molecule has 0 aliphatic carbocycles. The van der Waals surface area contributed by atoms with E-state index >= 15 is 0 Å². The van der Waals surface area contributed by atoms with Crippen LogP contribution < -0.4 is 5.32 Å². The first-order valence-electron chi connectivity index (χ1n) is 9.48. The lowest BCUT2D eigenvalue weighted by molar-refractivity contribution is -0.135. The molecule has 1 aromatic carbocycles. The first kappa shape index (κ1) is 17.9. The van der Waals surface area contributed by atoms with Gasteiger partial charge in [-0.3, -0.25) is 9.59 Å². The second-order valence-electron chi connectivity index (χ2n) is 6.99. The molecular weight excluding hydrogens is 316 g/mol. The number of carbonyl (C=O) groups excluding carboxylic acids is 2. The zero-order valence-electron chi connectivity index (χ0n) is 14.8. The van der Waals surface area contributed by atoms with Crippen LogP contribution >= 0.6 is 0 Å². The molecule has 0 unspecified atom stereocenters. The van der Waals surface area contributed by atoms with Gasteiger partial charge in [0, 0.05) is 37.7 Å². The van der Waals surface area contributed by atoms with Gasteiger partial charge in [-0.05, 0) is 50.7 Å². The number of likely N-dealkylation sites (tertiary alicyclic amines) is 1. The van der Waals surface area contributed by atoms with Gasteiger partial charge in [0.25, 0.3) is 5.91 Å². The van der Waals surface area contributed by atoms with E-state index < -0.39 is 0 Å². The number of nitrogens with one attached hydrogen (secondary N) is 1. The summed E-state index contributed by atoms with van der Waals surface area (Å²) in [6.45, 7) is 2.16. The van der Waals surface area contributed by atoms with Gasteiger partial charge < -0.3 is 15.0 Å². The highest BCUT2D eigenvalue weighted by atomic mass is 16.5. The Bertz CT molecular complexity index is 570. The standard InChI is InChI=1S/C20H28N2O3/c23-19(12-11-18-10-6-14-25-18)22-13-5-4-9-17(22)15-21-20(24)16-7-2-1-3-8-16/h1-3,7-8,17-18H,4-6,9-15H2,(H,21,24)/t17-,18+/m1/s1. The maximum absolute atomic E-state index is 12.6. The molecule has 5 nitrogen and oxygen atoms in total. The third kappa shape index (κ3) is 5.05. The van der Waals surface area contributed by atoms with Gasteiger partial charge in [-0.25, -0.2) is 0 Å². The van der Waals surface area contributed by atoms with Gasteiger partial charge >= 0.3 is 0 Å². The first-order valence-corrected chi connectivity index (χ1v) is 9.48. The molecule has 0 spiro atoms. The molecule has 2 fully saturated rings. The van der Waals surface area contributed by atoms with E-state index in [4.69, 9.17) is 4.74 Å². The SMILES string of the molecule is O=C(NC[C@H]1CCCCN1C(=O)CC[C@@H]1CCCO1)c1ccccc1. The molecule has 1 aromatic rings. The van der Waals surface area contributed by atoms with Gasteiger partial charge in [0.2, 0.25) is 5.91 Å². The number of rotatable bonds is 6. The third-order valence-corrected chi connectivity index (χ3v) is 5.19. The zero-order chi connectivity index (χ0) is 17.5. The largest absolute Gasteiger partial charge is 0.378 e. The van der Waals surface area contributed by atoms with Crippen LogP contribution in [0.3, 0.4) is 0 Å². The second kappa shape index (κ2) is 8.99. The summed E-state index contributed by atoms with van der Waals surface area (Å²) in [5, 5.41) is 2.99. The Morgan fingerprint density at radius 2 is 1.96 bits per heavy atom. The summed E-state index contributed by atoms with van der Waals surface area (Å²) >= 11 is 0. The van der Waals surface area contributed by atoms with Crippen molar-refractivity contribution in [2.45, 2.75) is 57.1 Å². The predicted octanol–water partition coefficient (Wildman–Crippen LogP) is 2.76. The molecule has 2 atom stereocenters. The fourth-order valence-corrected chi connectivity index (χ4v) is 3.74. The van der Waals surface area contributed by atoms with Crippen molar-refractivity contribution in [1.82, 2.24) is 10.2 Å². The first-order chi connectivity index (χ1) is 12.2. The lowest BCUT2D eigenvalue weighted by Crippen LogP contribution is -2.49. The molecule has 5 heteroatoms. The quantitative estimate of drug-likeness (QED) is 0.863. The van der Waals surface area contributed by atoms with Crippen molar-refractivity contribution in [3.63, 3.8) is 0 Å². The van der Waals surface area contributed by atoms with E-state index in [1.54, 1.807) is 12.1 Å². The lowest BCUT2D eigenvalue weighted by atomic mass is 10.0. The fourth-order valence-electron chi connectivity index (χ4n) is 3.74. The number of amides is 2. The van der Waals surface area contributed by atoms with Crippen LogP contribution in [0.5, 0.6) is 0 Å². The second-order valence-corrected chi connectivity index (χ2v) is 6.99. The molecular formula is C20H28N2O3. The van der Waals surface area contributed by atoms with Crippen molar-refractivity contribution < 1.29 is 14.3 Å². The van der Waals surface area contributed by atoms with Crippen molar-refractivity contribution in [2.24, 2.45) is 0 Å². The smallest absolute Gasteiger partial charge is 0.251 e. The van der Waals surface area contributed by atoms with E-state index in [9.17, 15) is 9.59 Å². The summed E-state index contributed by atoms with van der Waals surface area (Å²) in [4.78, 5) is 26.8. The maximum atomic E-state index is 12.6. The molecule has 2 heterocycles. The molecule has 136 valence electrons. The molecule has 0 saturated carbocycles. The monoisotopic (exact) mass is 344 g/mol. The highest BCUT2D eigenvalue weighted by Crippen LogP contribution is 2.21. The molecule has 0 aromatic heterocycles. The topological polar surface area (TPSA) is 58.6 Å². The maximum Gasteiger partial charge on any atom is 0.251 e. The Hall–Kier alpha value is -1.88. The van der Waals surface area contributed by atoms with E-state index in [-0.39, 0.29) is 24.0 Å². The molecule has 3 rings (SSSR count). The minimum Gasteiger partial charge on any atom is -0.378 e. The Morgan fingerprint density at radius 3 is 2.72 bits per heavy atom. The molecule has 25 heavy (non-hydrogen) atoms. The van der Waals surface area contributed by atoms with E-state index in [1.165, 1.54) is 0 Å². The van der Waals surface area contributed by atoms with E-state index in [0.29, 0.717) is 18.5 Å². The Kier molecular flexibility index (Phi) is 6.45. The molecule has 0 bridgehead atoms. The van der Waals surface area contributed by atoms with Gasteiger partial charge in [0.15, 0.2) is 0 Å². The van der Waals surface area contributed by atoms with Crippen LogP contribution in [0.15, 0.2) is 30.3 Å². The summed E-state index contributed by atoms with van der Waals surface area (Å²) in [7, 11) is 0. The minimum absolute atomic E-state index is 0.0714. The molecule has 1 N–H and O–H groups in total. The van der Waals surface area contributed by atoms with Crippen LogP contribution in [0.4, 0.5) is 0 Å². The number of hydrogen-bond acceptors (Lipinski definition) is 3. The number of ether oxygens (including phenoxy) is 1. The van der Waals surface area contributed by atoms with Gasteiger partial charge in [-0.1, -0.05) is 18.2 Å². The van der Waals surface area contributed by atoms with Gasteiger partial charge in [-0.2, -0.15) is 0 Å². The molecule has 2 amide bonds. The lowest BCUT2D eigenvalue weighted by Gasteiger charge is -2.36. The van der Waals surface area contributed by atoms with Gasteiger partial charge in [0.1, 0.15) is 0 Å². The number of nitrogens with zero attached hydrogens (tertiary/aromatic N) is 1. The average Bonchev–Trinajstić information content (AvgIpc) is 3.19.